The van der Waals surface area contributed by atoms with E-state index >= 15 is 0 Å². The zero-order valence-corrected chi connectivity index (χ0v) is 19.5. The van der Waals surface area contributed by atoms with Crippen molar-refractivity contribution in [2.45, 2.75) is 12.8 Å². The zero-order valence-electron chi connectivity index (χ0n) is 19.5. The fraction of sp³-hybridized carbons (Fsp3) is 0.333. The van der Waals surface area contributed by atoms with Crippen molar-refractivity contribution in [1.29, 1.82) is 0 Å². The molecule has 2 aliphatic heterocycles. The summed E-state index contributed by atoms with van der Waals surface area (Å²) >= 11 is 0. The predicted octanol–water partition coefficient (Wildman–Crippen LogP) is 4.07. The summed E-state index contributed by atoms with van der Waals surface area (Å²) in [5, 5.41) is 4.61. The Morgan fingerprint density at radius 3 is 2.60 bits per heavy atom. The van der Waals surface area contributed by atoms with Gasteiger partial charge in [0.15, 0.2) is 0 Å². The number of carbonyl (C=O) groups excluding carboxylic acids is 2. The molecule has 182 valence electrons. The Kier molecular flexibility index (Phi) is 6.81. The molecule has 0 bridgehead atoms. The summed E-state index contributed by atoms with van der Waals surface area (Å²) in [6.45, 7) is 4.19. The van der Waals surface area contributed by atoms with E-state index in [1.807, 2.05) is 40.1 Å². The van der Waals surface area contributed by atoms with Crippen LogP contribution in [0, 0.1) is 5.82 Å². The molecule has 0 aromatic heterocycles. The van der Waals surface area contributed by atoms with E-state index in [4.69, 9.17) is 9.47 Å². The van der Waals surface area contributed by atoms with Crippen molar-refractivity contribution in [3.05, 3.63) is 66.0 Å². The van der Waals surface area contributed by atoms with Gasteiger partial charge in [0.1, 0.15) is 18.2 Å². The Bertz CT molecular complexity index is 1240. The van der Waals surface area contributed by atoms with Crippen LogP contribution in [0.2, 0.25) is 0 Å². The van der Waals surface area contributed by atoms with Crippen LogP contribution >= 0.6 is 0 Å². The van der Waals surface area contributed by atoms with Gasteiger partial charge in [-0.3, -0.25) is 9.59 Å². The van der Waals surface area contributed by atoms with Crippen LogP contribution in [0.15, 0.2) is 54.6 Å². The number of hydrogen-bond acceptors (Lipinski definition) is 5. The molecule has 2 heterocycles. The normalized spacial score (nSPS) is 16.1. The van der Waals surface area contributed by atoms with Gasteiger partial charge in [0.05, 0.1) is 19.8 Å². The predicted molar refractivity (Wildman–Crippen MR) is 133 cm³/mol. The molecule has 3 aromatic carbocycles. The van der Waals surface area contributed by atoms with E-state index in [1.54, 1.807) is 12.1 Å². The number of amides is 2. The Hall–Kier alpha value is -3.65. The van der Waals surface area contributed by atoms with Crippen LogP contribution in [0.5, 0.6) is 5.75 Å². The van der Waals surface area contributed by atoms with E-state index in [1.165, 1.54) is 12.1 Å². The fourth-order valence-corrected chi connectivity index (χ4v) is 4.62. The number of nitrogens with zero attached hydrogens (tertiary/aromatic N) is 2. The van der Waals surface area contributed by atoms with Crippen LogP contribution in [-0.2, 0) is 9.53 Å². The van der Waals surface area contributed by atoms with E-state index in [-0.39, 0.29) is 17.4 Å². The van der Waals surface area contributed by atoms with Gasteiger partial charge in [-0.05, 0) is 36.8 Å². The summed E-state index contributed by atoms with van der Waals surface area (Å²) < 4.78 is 25.7. The molecule has 8 heteroatoms. The van der Waals surface area contributed by atoms with E-state index in [2.05, 4.69) is 5.32 Å². The highest BCUT2D eigenvalue weighted by atomic mass is 19.1. The third kappa shape index (κ3) is 5.22. The molecule has 5 rings (SSSR count). The molecule has 3 aromatic rings. The van der Waals surface area contributed by atoms with Gasteiger partial charge in [-0.25, -0.2) is 4.39 Å². The fourth-order valence-electron chi connectivity index (χ4n) is 4.62. The number of nitrogens with one attached hydrogen (secondary N) is 1. The van der Waals surface area contributed by atoms with Crippen LogP contribution in [-0.4, -0.2) is 62.7 Å². The Labute approximate surface area is 203 Å². The lowest BCUT2D eigenvalue weighted by atomic mass is 10.1. The number of benzene rings is 3. The first-order valence-corrected chi connectivity index (χ1v) is 12.0. The van der Waals surface area contributed by atoms with Crippen molar-refractivity contribution in [2.24, 2.45) is 0 Å². The third-order valence-corrected chi connectivity index (χ3v) is 6.44. The smallest absolute Gasteiger partial charge is 0.255 e. The molecule has 0 unspecified atom stereocenters. The lowest BCUT2D eigenvalue weighted by Gasteiger charge is -2.29. The van der Waals surface area contributed by atoms with Crippen molar-refractivity contribution < 1.29 is 23.5 Å². The highest BCUT2D eigenvalue weighted by molar-refractivity contribution is 6.10. The molecule has 2 amide bonds. The molecular formula is C27H28FN3O4. The number of anilines is 2. The first-order valence-electron chi connectivity index (χ1n) is 12.0. The maximum atomic E-state index is 14.4. The first kappa shape index (κ1) is 23.1. The van der Waals surface area contributed by atoms with E-state index < -0.39 is 5.82 Å². The van der Waals surface area contributed by atoms with Crippen LogP contribution in [0.4, 0.5) is 15.8 Å². The first-order chi connectivity index (χ1) is 17.1. The number of ether oxygens (including phenoxy) is 2. The largest absolute Gasteiger partial charge is 0.491 e. The average Bonchev–Trinajstić information content (AvgIpc) is 3.29. The molecule has 7 nitrogen and oxygen atoms in total. The molecule has 0 spiro atoms. The van der Waals surface area contributed by atoms with Gasteiger partial charge in [0.2, 0.25) is 5.91 Å². The van der Waals surface area contributed by atoms with Gasteiger partial charge in [0, 0.05) is 53.8 Å². The number of halogens is 1. The summed E-state index contributed by atoms with van der Waals surface area (Å²) in [5.74, 6) is 0.0193. The van der Waals surface area contributed by atoms with Gasteiger partial charge in [-0.2, -0.15) is 0 Å². The van der Waals surface area contributed by atoms with Gasteiger partial charge in [0.25, 0.3) is 5.91 Å². The summed E-state index contributed by atoms with van der Waals surface area (Å²) in [6, 6.07) is 15.6. The van der Waals surface area contributed by atoms with E-state index in [0.29, 0.717) is 63.0 Å². The minimum absolute atomic E-state index is 0.172. The van der Waals surface area contributed by atoms with Gasteiger partial charge in [-0.15, -0.1) is 0 Å². The van der Waals surface area contributed by atoms with E-state index in [0.717, 1.165) is 23.7 Å². The molecular weight excluding hydrogens is 449 g/mol. The number of fused-ring (bicyclic) bond motifs is 1. The number of rotatable bonds is 7. The summed E-state index contributed by atoms with van der Waals surface area (Å²) in [5.41, 5.74) is 1.54. The molecule has 2 saturated heterocycles. The summed E-state index contributed by atoms with van der Waals surface area (Å²) in [4.78, 5) is 28.7. The number of hydrogen-bond donors (Lipinski definition) is 1. The molecule has 2 fully saturated rings. The Morgan fingerprint density at radius 2 is 1.83 bits per heavy atom. The molecule has 0 atom stereocenters. The van der Waals surface area contributed by atoms with Crippen molar-refractivity contribution in [2.75, 3.05) is 56.2 Å². The van der Waals surface area contributed by atoms with Crippen LogP contribution in [0.25, 0.3) is 10.8 Å². The molecule has 0 saturated carbocycles. The average molecular weight is 478 g/mol. The van der Waals surface area contributed by atoms with Crippen LogP contribution in [0.3, 0.4) is 0 Å². The van der Waals surface area contributed by atoms with Crippen LogP contribution in [0.1, 0.15) is 23.2 Å². The highest BCUT2D eigenvalue weighted by Crippen LogP contribution is 2.32. The number of carbonyl (C=O) groups is 2. The Balaban J connectivity index is 1.33. The molecule has 0 radical (unpaired) electrons. The standard InChI is InChI=1S/C27H28FN3O4/c28-20-16-19(17-21(18-20)30-10-13-34-14-11-30)27(33)29-24-7-8-25(23-5-2-1-4-22(23)24)35-15-12-31-9-3-6-26(31)32/h1-2,4-5,7-8,16-18H,3,6,9-15H2,(H,29,33). The zero-order chi connectivity index (χ0) is 24.2. The highest BCUT2D eigenvalue weighted by Gasteiger charge is 2.20. The van der Waals surface area contributed by atoms with Crippen molar-refractivity contribution in [3.8, 4) is 5.75 Å². The second-order valence-corrected chi connectivity index (χ2v) is 8.74. The minimum atomic E-state index is -0.454. The number of likely N-dealkylation sites (tertiary alicyclic amines) is 1. The summed E-state index contributed by atoms with van der Waals surface area (Å²) in [6.07, 6.45) is 1.51. The quantitative estimate of drug-likeness (QED) is 0.556. The topological polar surface area (TPSA) is 71.1 Å². The molecule has 35 heavy (non-hydrogen) atoms. The minimum Gasteiger partial charge on any atom is -0.491 e. The van der Waals surface area contributed by atoms with Crippen molar-refractivity contribution in [1.82, 2.24) is 4.90 Å². The van der Waals surface area contributed by atoms with Gasteiger partial charge in [-0.1, -0.05) is 24.3 Å². The lowest BCUT2D eigenvalue weighted by molar-refractivity contribution is -0.128. The van der Waals surface area contributed by atoms with Crippen LogP contribution < -0.4 is 15.0 Å². The number of morpholine rings is 1. The summed E-state index contributed by atoms with van der Waals surface area (Å²) in [7, 11) is 0. The molecule has 2 aliphatic rings. The SMILES string of the molecule is O=C(Nc1ccc(OCCN2CCCC2=O)c2ccccc12)c1cc(F)cc(N2CCOCC2)c1. The Morgan fingerprint density at radius 1 is 1.03 bits per heavy atom. The van der Waals surface area contributed by atoms with Gasteiger partial charge < -0.3 is 24.6 Å². The van der Waals surface area contributed by atoms with E-state index in [9.17, 15) is 14.0 Å². The maximum Gasteiger partial charge on any atom is 0.255 e. The molecule has 1 N–H and O–H groups in total. The molecule has 0 aliphatic carbocycles. The lowest BCUT2D eigenvalue weighted by Crippen LogP contribution is -2.36. The maximum absolute atomic E-state index is 14.4. The monoisotopic (exact) mass is 477 g/mol. The second kappa shape index (κ2) is 10.3. The third-order valence-electron chi connectivity index (χ3n) is 6.44. The van der Waals surface area contributed by atoms with Crippen molar-refractivity contribution >= 4 is 34.0 Å². The van der Waals surface area contributed by atoms with Crippen molar-refractivity contribution in [3.63, 3.8) is 0 Å². The van der Waals surface area contributed by atoms with Gasteiger partial charge >= 0.3 is 0 Å². The second-order valence-electron chi connectivity index (χ2n) is 8.74.